The normalized spacial score (nSPS) is 13.2. The number of benzene rings is 1. The van der Waals surface area contributed by atoms with Crippen LogP contribution in [0, 0.1) is 0 Å². The SMILES string of the molecule is COCC(O)CNC(=O)c1ccc(S(=O)(=O)N(C)C)cc1. The van der Waals surface area contributed by atoms with E-state index >= 15 is 0 Å². The molecule has 0 spiro atoms. The molecule has 0 aliphatic rings. The molecule has 21 heavy (non-hydrogen) atoms. The van der Waals surface area contributed by atoms with Crippen molar-refractivity contribution in [3.63, 3.8) is 0 Å². The summed E-state index contributed by atoms with van der Waals surface area (Å²) in [6, 6.07) is 5.59. The number of ether oxygens (including phenoxy) is 1. The lowest BCUT2D eigenvalue weighted by molar-refractivity contribution is 0.0610. The first-order valence-corrected chi connectivity index (χ1v) is 7.71. The summed E-state index contributed by atoms with van der Waals surface area (Å²) in [5.74, 6) is -0.390. The van der Waals surface area contributed by atoms with E-state index in [0.29, 0.717) is 5.56 Å². The number of amides is 1. The van der Waals surface area contributed by atoms with Crippen molar-refractivity contribution in [1.82, 2.24) is 9.62 Å². The van der Waals surface area contributed by atoms with Crippen LogP contribution in [0.4, 0.5) is 0 Å². The molecule has 2 N–H and O–H groups in total. The highest BCUT2D eigenvalue weighted by Gasteiger charge is 2.17. The number of sulfonamides is 1. The molecule has 0 bridgehead atoms. The number of hydrogen-bond acceptors (Lipinski definition) is 5. The fraction of sp³-hybridized carbons (Fsp3) is 0.462. The topological polar surface area (TPSA) is 95.9 Å². The van der Waals surface area contributed by atoms with E-state index in [1.165, 1.54) is 45.5 Å². The first-order valence-electron chi connectivity index (χ1n) is 6.27. The molecule has 0 saturated heterocycles. The zero-order valence-electron chi connectivity index (χ0n) is 12.2. The van der Waals surface area contributed by atoms with Crippen molar-refractivity contribution >= 4 is 15.9 Å². The van der Waals surface area contributed by atoms with Gasteiger partial charge >= 0.3 is 0 Å². The number of nitrogens with zero attached hydrogens (tertiary/aromatic N) is 1. The van der Waals surface area contributed by atoms with E-state index < -0.39 is 16.1 Å². The number of carbonyl (C=O) groups excluding carboxylic acids is 1. The first-order chi connectivity index (χ1) is 9.78. The molecule has 0 fully saturated rings. The molecule has 1 atom stereocenters. The Balaban J connectivity index is 2.72. The van der Waals surface area contributed by atoms with Gasteiger partial charge in [-0.25, -0.2) is 12.7 Å². The molecule has 1 aromatic carbocycles. The summed E-state index contributed by atoms with van der Waals surface area (Å²) in [5, 5.41) is 12.0. The van der Waals surface area contributed by atoms with Gasteiger partial charge in [-0.05, 0) is 24.3 Å². The van der Waals surface area contributed by atoms with Crippen molar-refractivity contribution in [2.24, 2.45) is 0 Å². The third-order valence-corrected chi connectivity index (χ3v) is 4.58. The molecular formula is C13H20N2O5S. The van der Waals surface area contributed by atoms with Gasteiger partial charge in [0.2, 0.25) is 10.0 Å². The molecule has 8 heteroatoms. The van der Waals surface area contributed by atoms with E-state index in [1.54, 1.807) is 0 Å². The van der Waals surface area contributed by atoms with Crippen molar-refractivity contribution in [3.05, 3.63) is 29.8 Å². The van der Waals surface area contributed by atoms with Gasteiger partial charge < -0.3 is 15.2 Å². The van der Waals surface area contributed by atoms with Gasteiger partial charge in [0, 0.05) is 33.3 Å². The van der Waals surface area contributed by atoms with Crippen LogP contribution in [0.15, 0.2) is 29.2 Å². The Hall–Kier alpha value is -1.48. The molecule has 0 saturated carbocycles. The van der Waals surface area contributed by atoms with Crippen LogP contribution in [0.5, 0.6) is 0 Å². The monoisotopic (exact) mass is 316 g/mol. The van der Waals surface area contributed by atoms with E-state index in [-0.39, 0.29) is 24.0 Å². The second-order valence-electron chi connectivity index (χ2n) is 4.63. The lowest BCUT2D eigenvalue weighted by Crippen LogP contribution is -2.34. The minimum atomic E-state index is -3.51. The predicted molar refractivity (Wildman–Crippen MR) is 77.5 cm³/mol. The predicted octanol–water partition coefficient (Wildman–Crippen LogP) is -0.326. The highest BCUT2D eigenvalue weighted by molar-refractivity contribution is 7.89. The summed E-state index contributed by atoms with van der Waals surface area (Å²) in [6.07, 6.45) is -0.785. The van der Waals surface area contributed by atoms with Gasteiger partial charge in [0.05, 0.1) is 17.6 Å². The smallest absolute Gasteiger partial charge is 0.251 e. The van der Waals surface area contributed by atoms with Gasteiger partial charge in [-0.3, -0.25) is 4.79 Å². The Bertz CT molecular complexity index is 569. The maximum absolute atomic E-state index is 11.9. The Morgan fingerprint density at radius 3 is 2.38 bits per heavy atom. The molecule has 1 rings (SSSR count). The standard InChI is InChI=1S/C13H20N2O5S/c1-15(2)21(18,19)12-6-4-10(5-7-12)13(17)14-8-11(16)9-20-3/h4-7,11,16H,8-9H2,1-3H3,(H,14,17). The van der Waals surface area contributed by atoms with Crippen molar-refractivity contribution in [2.75, 3.05) is 34.4 Å². The molecule has 0 aliphatic heterocycles. The van der Waals surface area contributed by atoms with Crippen LogP contribution in [-0.4, -0.2) is 64.2 Å². The lowest BCUT2D eigenvalue weighted by atomic mass is 10.2. The van der Waals surface area contributed by atoms with Crippen LogP contribution in [0.25, 0.3) is 0 Å². The third kappa shape index (κ3) is 4.78. The largest absolute Gasteiger partial charge is 0.389 e. The van der Waals surface area contributed by atoms with E-state index in [2.05, 4.69) is 5.32 Å². The van der Waals surface area contributed by atoms with Crippen LogP contribution in [0.1, 0.15) is 10.4 Å². The highest BCUT2D eigenvalue weighted by atomic mass is 32.2. The maximum atomic E-state index is 11.9. The average Bonchev–Trinajstić information content (AvgIpc) is 2.45. The van der Waals surface area contributed by atoms with Crippen LogP contribution in [0.2, 0.25) is 0 Å². The molecule has 0 aromatic heterocycles. The van der Waals surface area contributed by atoms with Crippen LogP contribution in [-0.2, 0) is 14.8 Å². The summed E-state index contributed by atoms with van der Waals surface area (Å²) >= 11 is 0. The number of carbonyl (C=O) groups is 1. The second kappa shape index (κ2) is 7.51. The highest BCUT2D eigenvalue weighted by Crippen LogP contribution is 2.13. The number of rotatable bonds is 7. The van der Waals surface area contributed by atoms with Gasteiger partial charge in [-0.1, -0.05) is 0 Å². The summed E-state index contributed by atoms with van der Waals surface area (Å²) in [6.45, 7) is 0.185. The molecule has 118 valence electrons. The molecule has 0 aliphatic carbocycles. The fourth-order valence-electron chi connectivity index (χ4n) is 1.55. The number of methoxy groups -OCH3 is 1. The Kier molecular flexibility index (Phi) is 6.28. The summed E-state index contributed by atoms with van der Waals surface area (Å²) in [7, 11) is 0.821. The van der Waals surface area contributed by atoms with Crippen molar-refractivity contribution in [2.45, 2.75) is 11.0 Å². The summed E-state index contributed by atoms with van der Waals surface area (Å²) in [4.78, 5) is 11.9. The number of aliphatic hydroxyl groups excluding tert-OH is 1. The number of hydrogen-bond donors (Lipinski definition) is 2. The summed E-state index contributed by atoms with van der Waals surface area (Å²) < 4.78 is 29.6. The number of aliphatic hydroxyl groups is 1. The van der Waals surface area contributed by atoms with E-state index in [9.17, 15) is 18.3 Å². The molecule has 1 aromatic rings. The molecule has 1 unspecified atom stereocenters. The fourth-order valence-corrected chi connectivity index (χ4v) is 2.45. The average molecular weight is 316 g/mol. The number of nitrogens with one attached hydrogen (secondary N) is 1. The second-order valence-corrected chi connectivity index (χ2v) is 6.78. The van der Waals surface area contributed by atoms with Crippen LogP contribution in [0.3, 0.4) is 0 Å². The van der Waals surface area contributed by atoms with Crippen LogP contribution >= 0.6 is 0 Å². The minimum Gasteiger partial charge on any atom is -0.389 e. The van der Waals surface area contributed by atoms with Crippen molar-refractivity contribution in [3.8, 4) is 0 Å². The first kappa shape index (κ1) is 17.6. The van der Waals surface area contributed by atoms with Crippen molar-refractivity contribution in [1.29, 1.82) is 0 Å². The zero-order valence-corrected chi connectivity index (χ0v) is 13.1. The third-order valence-electron chi connectivity index (χ3n) is 2.75. The molecule has 0 heterocycles. The minimum absolute atomic E-state index is 0.0599. The lowest BCUT2D eigenvalue weighted by Gasteiger charge is -2.12. The molecule has 1 amide bonds. The Morgan fingerprint density at radius 2 is 1.90 bits per heavy atom. The van der Waals surface area contributed by atoms with E-state index in [4.69, 9.17) is 4.74 Å². The van der Waals surface area contributed by atoms with Gasteiger partial charge in [0.25, 0.3) is 5.91 Å². The van der Waals surface area contributed by atoms with Gasteiger partial charge in [0.1, 0.15) is 0 Å². The van der Waals surface area contributed by atoms with E-state index in [0.717, 1.165) is 4.31 Å². The van der Waals surface area contributed by atoms with E-state index in [1.807, 2.05) is 0 Å². The quantitative estimate of drug-likeness (QED) is 0.718. The molecule has 0 radical (unpaired) electrons. The maximum Gasteiger partial charge on any atom is 0.251 e. The van der Waals surface area contributed by atoms with Gasteiger partial charge in [-0.2, -0.15) is 0 Å². The Labute approximate surface area is 124 Å². The molecular weight excluding hydrogens is 296 g/mol. The zero-order chi connectivity index (χ0) is 16.0. The van der Waals surface area contributed by atoms with Gasteiger partial charge in [0.15, 0.2) is 0 Å². The summed E-state index contributed by atoms with van der Waals surface area (Å²) in [5.41, 5.74) is 0.317. The van der Waals surface area contributed by atoms with Crippen molar-refractivity contribution < 1.29 is 23.1 Å². The van der Waals surface area contributed by atoms with Crippen LogP contribution < -0.4 is 5.32 Å². The van der Waals surface area contributed by atoms with Gasteiger partial charge in [-0.15, -0.1) is 0 Å². The Morgan fingerprint density at radius 1 is 1.33 bits per heavy atom. The molecule has 7 nitrogen and oxygen atoms in total.